The Balaban J connectivity index is 3.03. The van der Waals surface area contributed by atoms with Crippen LogP contribution in [0, 0.1) is 0 Å². The number of aliphatic hydroxyl groups is 2. The average molecular weight is 239 g/mol. The fourth-order valence-electron chi connectivity index (χ4n) is 1.48. The van der Waals surface area contributed by atoms with Crippen LogP contribution in [0.15, 0.2) is 18.2 Å². The number of benzene rings is 1. The standard InChI is InChI=1S/C11H13NO5/c12-10(16)4-9(15)11(17)6-2-1-3-8(14)7(6)5-13/h1-3,5,9,11,14-15,17H,4H2,(H2,12,16). The number of hydrogen-bond acceptors (Lipinski definition) is 5. The van der Waals surface area contributed by atoms with Gasteiger partial charge in [-0.15, -0.1) is 0 Å². The minimum Gasteiger partial charge on any atom is -0.507 e. The van der Waals surface area contributed by atoms with E-state index in [0.717, 1.165) is 0 Å². The summed E-state index contributed by atoms with van der Waals surface area (Å²) in [6.45, 7) is 0. The van der Waals surface area contributed by atoms with E-state index in [2.05, 4.69) is 0 Å². The van der Waals surface area contributed by atoms with E-state index in [0.29, 0.717) is 6.29 Å². The Morgan fingerprint density at radius 2 is 2.06 bits per heavy atom. The molecule has 1 aromatic rings. The summed E-state index contributed by atoms with van der Waals surface area (Å²) in [6, 6.07) is 4.07. The van der Waals surface area contributed by atoms with Crippen molar-refractivity contribution in [1.82, 2.24) is 0 Å². The van der Waals surface area contributed by atoms with E-state index in [1.54, 1.807) is 0 Å². The predicted octanol–water partition coefficient (Wildman–Crippen LogP) is -0.526. The Hall–Kier alpha value is -1.92. The van der Waals surface area contributed by atoms with Crippen LogP contribution in [-0.4, -0.2) is 33.6 Å². The van der Waals surface area contributed by atoms with Crippen molar-refractivity contribution in [2.45, 2.75) is 18.6 Å². The van der Waals surface area contributed by atoms with Gasteiger partial charge in [-0.2, -0.15) is 0 Å². The van der Waals surface area contributed by atoms with Crippen molar-refractivity contribution < 1.29 is 24.9 Å². The molecule has 5 N–H and O–H groups in total. The summed E-state index contributed by atoms with van der Waals surface area (Å²) < 4.78 is 0. The molecule has 2 unspecified atom stereocenters. The molecule has 0 spiro atoms. The van der Waals surface area contributed by atoms with Crippen LogP contribution in [-0.2, 0) is 4.79 Å². The third-order valence-corrected chi connectivity index (χ3v) is 2.33. The molecular weight excluding hydrogens is 226 g/mol. The highest BCUT2D eigenvalue weighted by atomic mass is 16.3. The number of aliphatic hydroxyl groups excluding tert-OH is 2. The van der Waals surface area contributed by atoms with Gasteiger partial charge in [0.1, 0.15) is 11.9 Å². The Labute approximate surface area is 97.3 Å². The Morgan fingerprint density at radius 1 is 1.41 bits per heavy atom. The molecule has 92 valence electrons. The van der Waals surface area contributed by atoms with E-state index >= 15 is 0 Å². The maximum Gasteiger partial charge on any atom is 0.220 e. The third-order valence-electron chi connectivity index (χ3n) is 2.33. The lowest BCUT2D eigenvalue weighted by molar-refractivity contribution is -0.121. The Kier molecular flexibility index (Phi) is 4.19. The van der Waals surface area contributed by atoms with Gasteiger partial charge in [0.2, 0.25) is 5.91 Å². The summed E-state index contributed by atoms with van der Waals surface area (Å²) >= 11 is 0. The molecule has 6 nitrogen and oxygen atoms in total. The van der Waals surface area contributed by atoms with Gasteiger partial charge in [0, 0.05) is 0 Å². The first-order valence-electron chi connectivity index (χ1n) is 4.89. The van der Waals surface area contributed by atoms with Gasteiger partial charge < -0.3 is 21.1 Å². The van der Waals surface area contributed by atoms with Crippen molar-refractivity contribution in [3.8, 4) is 5.75 Å². The topological polar surface area (TPSA) is 121 Å². The number of hydrogen-bond donors (Lipinski definition) is 4. The third kappa shape index (κ3) is 3.02. The quantitative estimate of drug-likeness (QED) is 0.515. The van der Waals surface area contributed by atoms with Gasteiger partial charge in [0.05, 0.1) is 18.1 Å². The number of carbonyl (C=O) groups excluding carboxylic acids is 2. The molecule has 1 amide bonds. The Morgan fingerprint density at radius 3 is 2.59 bits per heavy atom. The first-order chi connectivity index (χ1) is 7.97. The number of amides is 1. The van der Waals surface area contributed by atoms with Crippen molar-refractivity contribution >= 4 is 12.2 Å². The van der Waals surface area contributed by atoms with Gasteiger partial charge in [0.25, 0.3) is 0 Å². The molecular formula is C11H13NO5. The Bertz CT molecular complexity index is 432. The van der Waals surface area contributed by atoms with Crippen molar-refractivity contribution in [3.05, 3.63) is 29.3 Å². The lowest BCUT2D eigenvalue weighted by Gasteiger charge is -2.18. The molecule has 2 atom stereocenters. The summed E-state index contributed by atoms with van der Waals surface area (Å²) in [6.07, 6.45) is -2.96. The van der Waals surface area contributed by atoms with E-state index in [1.165, 1.54) is 18.2 Å². The number of aromatic hydroxyl groups is 1. The molecule has 0 aliphatic heterocycles. The van der Waals surface area contributed by atoms with Gasteiger partial charge in [-0.25, -0.2) is 0 Å². The molecule has 1 aromatic carbocycles. The minimum absolute atomic E-state index is 0.0498. The second-order valence-corrected chi connectivity index (χ2v) is 3.58. The van der Waals surface area contributed by atoms with Gasteiger partial charge in [-0.1, -0.05) is 12.1 Å². The summed E-state index contributed by atoms with van der Waals surface area (Å²) in [4.78, 5) is 21.4. The lowest BCUT2D eigenvalue weighted by atomic mass is 9.97. The SMILES string of the molecule is NC(=O)CC(O)C(O)c1cccc(O)c1C=O. The molecule has 0 fully saturated rings. The predicted molar refractivity (Wildman–Crippen MR) is 58.3 cm³/mol. The molecule has 0 saturated heterocycles. The van der Waals surface area contributed by atoms with Gasteiger partial charge in [0.15, 0.2) is 6.29 Å². The molecule has 1 rings (SSSR count). The lowest BCUT2D eigenvalue weighted by Crippen LogP contribution is -2.26. The van der Waals surface area contributed by atoms with Crippen molar-refractivity contribution in [1.29, 1.82) is 0 Å². The van der Waals surface area contributed by atoms with E-state index < -0.39 is 24.5 Å². The number of rotatable bonds is 5. The van der Waals surface area contributed by atoms with Crippen LogP contribution in [0.2, 0.25) is 0 Å². The molecule has 0 aromatic heterocycles. The van der Waals surface area contributed by atoms with Crippen LogP contribution >= 0.6 is 0 Å². The molecule has 0 aliphatic carbocycles. The zero-order chi connectivity index (χ0) is 13.0. The average Bonchev–Trinajstić information content (AvgIpc) is 2.26. The van der Waals surface area contributed by atoms with Gasteiger partial charge in [-0.3, -0.25) is 9.59 Å². The van der Waals surface area contributed by atoms with Gasteiger partial charge >= 0.3 is 0 Å². The van der Waals surface area contributed by atoms with Crippen molar-refractivity contribution in [2.24, 2.45) is 5.73 Å². The van der Waals surface area contributed by atoms with Crippen molar-refractivity contribution in [2.75, 3.05) is 0 Å². The monoisotopic (exact) mass is 239 g/mol. The zero-order valence-corrected chi connectivity index (χ0v) is 8.91. The number of aldehydes is 1. The molecule has 0 bridgehead atoms. The fraction of sp³-hybridized carbons (Fsp3) is 0.273. The number of phenolic OH excluding ortho intramolecular Hbond substituents is 1. The number of primary amides is 1. The molecule has 0 radical (unpaired) electrons. The highest BCUT2D eigenvalue weighted by Crippen LogP contribution is 2.27. The van der Waals surface area contributed by atoms with E-state index in [9.17, 15) is 24.9 Å². The summed E-state index contributed by atoms with van der Waals surface area (Å²) in [7, 11) is 0. The maximum atomic E-state index is 10.8. The minimum atomic E-state index is -1.46. The van der Waals surface area contributed by atoms with Crippen molar-refractivity contribution in [3.63, 3.8) is 0 Å². The van der Waals surface area contributed by atoms with E-state index in [-0.39, 0.29) is 16.9 Å². The number of carbonyl (C=O) groups is 2. The van der Waals surface area contributed by atoms with Crippen LogP contribution in [0.5, 0.6) is 5.75 Å². The summed E-state index contributed by atoms with van der Waals surface area (Å²) in [5.41, 5.74) is 4.81. The van der Waals surface area contributed by atoms with E-state index in [4.69, 9.17) is 5.73 Å². The summed E-state index contributed by atoms with van der Waals surface area (Å²) in [5.74, 6) is -1.08. The highest BCUT2D eigenvalue weighted by molar-refractivity contribution is 5.82. The number of phenols is 1. The van der Waals surface area contributed by atoms with Crippen LogP contribution in [0.1, 0.15) is 28.4 Å². The number of nitrogens with two attached hydrogens (primary N) is 1. The zero-order valence-electron chi connectivity index (χ0n) is 8.91. The smallest absolute Gasteiger partial charge is 0.220 e. The normalized spacial score (nSPS) is 14.0. The maximum absolute atomic E-state index is 10.8. The van der Waals surface area contributed by atoms with E-state index in [1.807, 2.05) is 0 Å². The molecule has 17 heavy (non-hydrogen) atoms. The fourth-order valence-corrected chi connectivity index (χ4v) is 1.48. The highest BCUT2D eigenvalue weighted by Gasteiger charge is 2.23. The van der Waals surface area contributed by atoms with Gasteiger partial charge in [-0.05, 0) is 11.6 Å². The molecule has 0 saturated carbocycles. The molecule has 6 heteroatoms. The van der Waals surface area contributed by atoms with Crippen LogP contribution in [0.4, 0.5) is 0 Å². The first kappa shape index (κ1) is 13.1. The van der Waals surface area contributed by atoms with Crippen LogP contribution in [0.3, 0.4) is 0 Å². The summed E-state index contributed by atoms with van der Waals surface area (Å²) in [5, 5.41) is 28.6. The second kappa shape index (κ2) is 5.42. The van der Waals surface area contributed by atoms with Crippen LogP contribution in [0.25, 0.3) is 0 Å². The molecule has 0 aliphatic rings. The molecule has 0 heterocycles. The second-order valence-electron chi connectivity index (χ2n) is 3.58. The van der Waals surface area contributed by atoms with Crippen LogP contribution < -0.4 is 5.73 Å². The largest absolute Gasteiger partial charge is 0.507 e. The first-order valence-corrected chi connectivity index (χ1v) is 4.89.